The van der Waals surface area contributed by atoms with Crippen LogP contribution in [-0.4, -0.2) is 27.7 Å². The number of aryl methyl sites for hydroxylation is 1. The maximum Gasteiger partial charge on any atom is 0.202 e. The number of anilines is 1. The summed E-state index contributed by atoms with van der Waals surface area (Å²) < 4.78 is 7.42. The molecule has 0 bridgehead atoms. The molecule has 0 aliphatic rings. The summed E-state index contributed by atoms with van der Waals surface area (Å²) in [5.74, 6) is 0.471. The molecule has 5 nitrogen and oxygen atoms in total. The van der Waals surface area contributed by atoms with Gasteiger partial charge in [0.15, 0.2) is 5.65 Å². The second-order valence-electron chi connectivity index (χ2n) is 4.44. The molecule has 2 aromatic rings. The highest BCUT2D eigenvalue weighted by Gasteiger charge is 2.09. The lowest BCUT2D eigenvalue weighted by atomic mass is 10.3. The van der Waals surface area contributed by atoms with Crippen LogP contribution in [0.1, 0.15) is 26.2 Å². The second kappa shape index (κ2) is 6.73. The van der Waals surface area contributed by atoms with E-state index in [-0.39, 0.29) is 0 Å². The van der Waals surface area contributed by atoms with Gasteiger partial charge in [0.25, 0.3) is 0 Å². The predicted octanol–water partition coefficient (Wildman–Crippen LogP) is 2.87. The summed E-state index contributed by atoms with van der Waals surface area (Å²) in [6.07, 6.45) is 4.77. The fourth-order valence-corrected chi connectivity index (χ4v) is 2.05. The lowest BCUT2D eigenvalue weighted by Gasteiger charge is -2.06. The van der Waals surface area contributed by atoms with Crippen molar-refractivity contribution in [2.45, 2.75) is 32.7 Å². The Morgan fingerprint density at radius 3 is 2.95 bits per heavy atom. The molecule has 0 radical (unpaired) electrons. The normalized spacial score (nSPS) is 11.3. The molecule has 19 heavy (non-hydrogen) atoms. The van der Waals surface area contributed by atoms with Gasteiger partial charge in [-0.3, -0.25) is 4.57 Å². The molecule has 0 aliphatic heterocycles. The van der Waals surface area contributed by atoms with Gasteiger partial charge in [-0.25, -0.2) is 9.97 Å². The maximum atomic E-state index is 5.89. The first-order valence-electron chi connectivity index (χ1n) is 6.57. The molecule has 0 aliphatic carbocycles. The van der Waals surface area contributed by atoms with Crippen LogP contribution in [-0.2, 0) is 11.3 Å². The van der Waals surface area contributed by atoms with Gasteiger partial charge in [-0.05, 0) is 18.9 Å². The minimum atomic E-state index is 0.471. The first-order valence-corrected chi connectivity index (χ1v) is 6.95. The smallest absolute Gasteiger partial charge is 0.202 e. The third-order valence-corrected chi connectivity index (χ3v) is 3.10. The number of hydrogen-bond acceptors (Lipinski definition) is 4. The Hall–Kier alpha value is -1.33. The average Bonchev–Trinajstić information content (AvgIpc) is 2.69. The standard InChI is InChI=1S/C13H19ClN4O/c1-2-3-6-19-7-4-5-18-12-11(17-13(18)15)8-10(14)9-16-12/h8-9H,2-7H2,1H3,(H2,15,17). The molecular formula is C13H19ClN4O. The van der Waals surface area contributed by atoms with Gasteiger partial charge in [0.1, 0.15) is 5.52 Å². The van der Waals surface area contributed by atoms with Gasteiger partial charge in [-0.2, -0.15) is 0 Å². The molecule has 0 fully saturated rings. The predicted molar refractivity (Wildman–Crippen MR) is 77.3 cm³/mol. The third-order valence-electron chi connectivity index (χ3n) is 2.89. The van der Waals surface area contributed by atoms with Crippen molar-refractivity contribution in [2.75, 3.05) is 18.9 Å². The van der Waals surface area contributed by atoms with Crippen molar-refractivity contribution in [3.63, 3.8) is 0 Å². The van der Waals surface area contributed by atoms with Crippen molar-refractivity contribution in [3.8, 4) is 0 Å². The number of nitrogens with two attached hydrogens (primary N) is 1. The number of nitrogen functional groups attached to an aromatic ring is 1. The molecule has 2 rings (SSSR count). The molecule has 2 aromatic heterocycles. The fraction of sp³-hybridized carbons (Fsp3) is 0.538. The van der Waals surface area contributed by atoms with Crippen molar-refractivity contribution in [2.24, 2.45) is 0 Å². The molecule has 0 amide bonds. The van der Waals surface area contributed by atoms with Crippen molar-refractivity contribution in [1.82, 2.24) is 14.5 Å². The summed E-state index contributed by atoms with van der Waals surface area (Å²) in [5, 5.41) is 0.569. The number of fused-ring (bicyclic) bond motifs is 1. The van der Waals surface area contributed by atoms with E-state index in [1.165, 1.54) is 0 Å². The summed E-state index contributed by atoms with van der Waals surface area (Å²) in [7, 11) is 0. The molecule has 0 saturated heterocycles. The van der Waals surface area contributed by atoms with E-state index in [1.54, 1.807) is 12.3 Å². The highest BCUT2D eigenvalue weighted by molar-refractivity contribution is 6.31. The van der Waals surface area contributed by atoms with E-state index in [2.05, 4.69) is 16.9 Å². The van der Waals surface area contributed by atoms with Gasteiger partial charge >= 0.3 is 0 Å². The summed E-state index contributed by atoms with van der Waals surface area (Å²) in [5.41, 5.74) is 7.40. The van der Waals surface area contributed by atoms with Crippen LogP contribution in [0.2, 0.25) is 5.02 Å². The third kappa shape index (κ3) is 3.58. The van der Waals surface area contributed by atoms with Crippen molar-refractivity contribution < 1.29 is 4.74 Å². The number of imidazole rings is 1. The lowest BCUT2D eigenvalue weighted by Crippen LogP contribution is -2.07. The lowest BCUT2D eigenvalue weighted by molar-refractivity contribution is 0.126. The van der Waals surface area contributed by atoms with Crippen molar-refractivity contribution in [3.05, 3.63) is 17.3 Å². The van der Waals surface area contributed by atoms with E-state index >= 15 is 0 Å². The number of ether oxygens (including phenoxy) is 1. The van der Waals surface area contributed by atoms with E-state index in [9.17, 15) is 0 Å². The van der Waals surface area contributed by atoms with Crippen LogP contribution in [0.4, 0.5) is 5.95 Å². The zero-order chi connectivity index (χ0) is 13.7. The van der Waals surface area contributed by atoms with E-state index < -0.39 is 0 Å². The molecular weight excluding hydrogens is 264 g/mol. The molecule has 0 spiro atoms. The van der Waals surface area contributed by atoms with E-state index in [4.69, 9.17) is 22.1 Å². The van der Waals surface area contributed by atoms with Gasteiger partial charge in [0, 0.05) is 26.0 Å². The Kier molecular flexibility index (Phi) is 4.99. The number of nitrogens with zero attached hydrogens (tertiary/aromatic N) is 3. The number of aromatic nitrogens is 3. The summed E-state index contributed by atoms with van der Waals surface area (Å²) in [6, 6.07) is 1.77. The topological polar surface area (TPSA) is 66.0 Å². The van der Waals surface area contributed by atoms with Crippen LogP contribution in [0.5, 0.6) is 0 Å². The van der Waals surface area contributed by atoms with Crippen molar-refractivity contribution >= 4 is 28.7 Å². The summed E-state index contributed by atoms with van der Waals surface area (Å²) >= 11 is 5.88. The zero-order valence-corrected chi connectivity index (χ0v) is 11.9. The number of hydrogen-bond donors (Lipinski definition) is 1. The van der Waals surface area contributed by atoms with Gasteiger partial charge in [0.05, 0.1) is 5.02 Å². The molecule has 6 heteroatoms. The second-order valence-corrected chi connectivity index (χ2v) is 4.87. The number of rotatable bonds is 7. The number of pyridine rings is 1. The molecule has 0 aromatic carbocycles. The maximum absolute atomic E-state index is 5.89. The molecule has 0 unspecified atom stereocenters. The SMILES string of the molecule is CCCCOCCCn1c(N)nc2cc(Cl)cnc21. The van der Waals surface area contributed by atoms with Crippen LogP contribution in [0, 0.1) is 0 Å². The van der Waals surface area contributed by atoms with E-state index in [0.717, 1.165) is 50.2 Å². The fourth-order valence-electron chi connectivity index (χ4n) is 1.90. The summed E-state index contributed by atoms with van der Waals surface area (Å²) in [4.78, 5) is 8.53. The monoisotopic (exact) mass is 282 g/mol. The van der Waals surface area contributed by atoms with Crippen LogP contribution in [0.25, 0.3) is 11.2 Å². The first kappa shape index (κ1) is 14.1. The average molecular weight is 283 g/mol. The van der Waals surface area contributed by atoms with Crippen LogP contribution >= 0.6 is 11.6 Å². The van der Waals surface area contributed by atoms with Crippen LogP contribution in [0.15, 0.2) is 12.3 Å². The largest absolute Gasteiger partial charge is 0.381 e. The molecule has 104 valence electrons. The van der Waals surface area contributed by atoms with Gasteiger partial charge in [-0.15, -0.1) is 0 Å². The van der Waals surface area contributed by atoms with E-state index in [1.807, 2.05) is 4.57 Å². The molecule has 0 atom stereocenters. The zero-order valence-electron chi connectivity index (χ0n) is 11.1. The molecule has 2 N–H and O–H groups in total. The molecule has 0 saturated carbocycles. The Bertz CT molecular complexity index is 541. The Balaban J connectivity index is 1.95. The summed E-state index contributed by atoms with van der Waals surface area (Å²) in [6.45, 7) is 4.46. The Morgan fingerprint density at radius 1 is 1.37 bits per heavy atom. The van der Waals surface area contributed by atoms with E-state index in [0.29, 0.717) is 11.0 Å². The quantitative estimate of drug-likeness (QED) is 0.793. The first-order chi connectivity index (χ1) is 9.22. The van der Waals surface area contributed by atoms with Crippen LogP contribution in [0.3, 0.4) is 0 Å². The number of unbranched alkanes of at least 4 members (excludes halogenated alkanes) is 1. The van der Waals surface area contributed by atoms with Gasteiger partial charge in [0.2, 0.25) is 5.95 Å². The van der Waals surface area contributed by atoms with Crippen LogP contribution < -0.4 is 5.73 Å². The minimum absolute atomic E-state index is 0.471. The highest BCUT2D eigenvalue weighted by Crippen LogP contribution is 2.19. The van der Waals surface area contributed by atoms with Crippen molar-refractivity contribution in [1.29, 1.82) is 0 Å². The van der Waals surface area contributed by atoms with Gasteiger partial charge in [-0.1, -0.05) is 24.9 Å². The Morgan fingerprint density at radius 2 is 2.16 bits per heavy atom. The Labute approximate surface area is 117 Å². The van der Waals surface area contributed by atoms with Gasteiger partial charge < -0.3 is 10.5 Å². The number of halogens is 1. The molecule has 2 heterocycles. The highest BCUT2D eigenvalue weighted by atomic mass is 35.5. The minimum Gasteiger partial charge on any atom is -0.381 e.